The summed E-state index contributed by atoms with van der Waals surface area (Å²) < 4.78 is 0. The Bertz CT molecular complexity index is 416. The zero-order chi connectivity index (χ0) is 15.5. The molecule has 0 unspecified atom stereocenters. The second kappa shape index (κ2) is 6.99. The molecule has 2 heterocycles. The topological polar surface area (TPSA) is 61.4 Å². The van der Waals surface area contributed by atoms with Crippen LogP contribution < -0.4 is 10.6 Å². The number of carbonyl (C=O) groups is 2. The van der Waals surface area contributed by atoms with E-state index < -0.39 is 0 Å². The van der Waals surface area contributed by atoms with E-state index in [-0.39, 0.29) is 17.9 Å². The fraction of sp³-hybridized carbons (Fsp3) is 0.882. The largest absolute Gasteiger partial charge is 0.354 e. The number of hydrogen-bond acceptors (Lipinski definition) is 3. The minimum absolute atomic E-state index is 0.00351. The van der Waals surface area contributed by atoms with Crippen molar-refractivity contribution in [2.24, 2.45) is 17.8 Å². The molecule has 22 heavy (non-hydrogen) atoms. The Labute approximate surface area is 133 Å². The fourth-order valence-corrected chi connectivity index (χ4v) is 3.79. The number of piperidine rings is 1. The minimum Gasteiger partial charge on any atom is -0.354 e. The summed E-state index contributed by atoms with van der Waals surface area (Å²) in [6, 6.07) is -0.00351. The van der Waals surface area contributed by atoms with Gasteiger partial charge in [0.25, 0.3) is 0 Å². The third kappa shape index (κ3) is 3.80. The average Bonchev–Trinajstić information content (AvgIpc) is 3.25. The molecular formula is C17H29N3O2. The molecule has 0 aromatic rings. The number of nitrogens with zero attached hydrogens (tertiary/aromatic N) is 1. The van der Waals surface area contributed by atoms with Crippen molar-refractivity contribution in [3.63, 3.8) is 0 Å². The first-order chi connectivity index (χ1) is 10.6. The lowest BCUT2D eigenvalue weighted by Gasteiger charge is -2.34. The molecule has 0 bridgehead atoms. The molecule has 0 aromatic heterocycles. The summed E-state index contributed by atoms with van der Waals surface area (Å²) in [6.07, 6.45) is 6.64. The summed E-state index contributed by atoms with van der Waals surface area (Å²) in [4.78, 5) is 26.6. The quantitative estimate of drug-likeness (QED) is 0.801. The van der Waals surface area contributed by atoms with Crippen LogP contribution >= 0.6 is 0 Å². The van der Waals surface area contributed by atoms with E-state index in [0.717, 1.165) is 45.3 Å². The standard InChI is InChI=1S/C17H29N3O2/c1-12(14-6-7-14)17(22)20-9-3-4-13(11-20)10-19-16(21)15-5-2-8-18-15/h12-15,18H,2-11H2,1H3,(H,19,21)/t12-,13-,15+/m0/s1. The lowest BCUT2D eigenvalue weighted by Crippen LogP contribution is -2.47. The predicted molar refractivity (Wildman–Crippen MR) is 85.2 cm³/mol. The molecule has 0 aromatic carbocycles. The molecule has 3 fully saturated rings. The summed E-state index contributed by atoms with van der Waals surface area (Å²) in [5, 5.41) is 6.31. The normalized spacial score (nSPS) is 30.1. The van der Waals surface area contributed by atoms with Crippen LogP contribution in [0.15, 0.2) is 0 Å². The Morgan fingerprint density at radius 1 is 1.23 bits per heavy atom. The van der Waals surface area contributed by atoms with Crippen LogP contribution in [0.3, 0.4) is 0 Å². The highest BCUT2D eigenvalue weighted by atomic mass is 16.2. The molecule has 3 atom stereocenters. The van der Waals surface area contributed by atoms with Gasteiger partial charge in [-0.15, -0.1) is 0 Å². The molecule has 1 aliphatic carbocycles. The van der Waals surface area contributed by atoms with Gasteiger partial charge in [-0.25, -0.2) is 0 Å². The van der Waals surface area contributed by atoms with Crippen LogP contribution in [-0.2, 0) is 9.59 Å². The highest BCUT2D eigenvalue weighted by Crippen LogP contribution is 2.37. The van der Waals surface area contributed by atoms with Gasteiger partial charge in [-0.3, -0.25) is 9.59 Å². The van der Waals surface area contributed by atoms with Crippen LogP contribution in [0.2, 0.25) is 0 Å². The number of rotatable bonds is 5. The number of carbonyl (C=O) groups excluding carboxylic acids is 2. The smallest absolute Gasteiger partial charge is 0.237 e. The van der Waals surface area contributed by atoms with Gasteiger partial charge < -0.3 is 15.5 Å². The molecule has 2 aliphatic heterocycles. The first-order valence-electron chi connectivity index (χ1n) is 8.95. The summed E-state index contributed by atoms with van der Waals surface area (Å²) in [6.45, 7) is 5.44. The molecule has 3 aliphatic rings. The van der Waals surface area contributed by atoms with Gasteiger partial charge in [-0.1, -0.05) is 6.92 Å². The SMILES string of the molecule is C[C@H](C(=O)N1CCC[C@@H](CNC(=O)[C@H]2CCCN2)C1)C1CC1. The van der Waals surface area contributed by atoms with Crippen LogP contribution in [0, 0.1) is 17.8 Å². The lowest BCUT2D eigenvalue weighted by atomic mass is 9.95. The summed E-state index contributed by atoms with van der Waals surface area (Å²) in [7, 11) is 0. The van der Waals surface area contributed by atoms with E-state index in [1.165, 1.54) is 12.8 Å². The van der Waals surface area contributed by atoms with Gasteiger partial charge in [0, 0.05) is 25.6 Å². The van der Waals surface area contributed by atoms with Crippen molar-refractivity contribution >= 4 is 11.8 Å². The maximum Gasteiger partial charge on any atom is 0.237 e. The second-order valence-corrected chi connectivity index (χ2v) is 7.31. The summed E-state index contributed by atoms with van der Waals surface area (Å²) in [5.41, 5.74) is 0. The molecular weight excluding hydrogens is 278 g/mol. The second-order valence-electron chi connectivity index (χ2n) is 7.31. The zero-order valence-electron chi connectivity index (χ0n) is 13.6. The third-order valence-corrected chi connectivity index (χ3v) is 5.49. The lowest BCUT2D eigenvalue weighted by molar-refractivity contribution is -0.137. The third-order valence-electron chi connectivity index (χ3n) is 5.49. The van der Waals surface area contributed by atoms with E-state index in [1.54, 1.807) is 0 Å². The highest BCUT2D eigenvalue weighted by Gasteiger charge is 2.36. The molecule has 2 saturated heterocycles. The van der Waals surface area contributed by atoms with Gasteiger partial charge in [0.05, 0.1) is 6.04 Å². The predicted octanol–water partition coefficient (Wildman–Crippen LogP) is 1.14. The molecule has 0 radical (unpaired) electrons. The maximum atomic E-state index is 12.5. The number of nitrogens with one attached hydrogen (secondary N) is 2. The van der Waals surface area contributed by atoms with Crippen LogP contribution in [-0.4, -0.2) is 48.9 Å². The van der Waals surface area contributed by atoms with Crippen molar-refractivity contribution in [3.8, 4) is 0 Å². The molecule has 1 saturated carbocycles. The van der Waals surface area contributed by atoms with Gasteiger partial charge in [0.15, 0.2) is 0 Å². The molecule has 3 rings (SSSR count). The first-order valence-corrected chi connectivity index (χ1v) is 8.95. The maximum absolute atomic E-state index is 12.5. The van der Waals surface area contributed by atoms with E-state index in [9.17, 15) is 9.59 Å². The minimum atomic E-state index is -0.00351. The van der Waals surface area contributed by atoms with Gasteiger partial charge in [-0.2, -0.15) is 0 Å². The number of hydrogen-bond donors (Lipinski definition) is 2. The molecule has 2 amide bonds. The Kier molecular flexibility index (Phi) is 5.01. The highest BCUT2D eigenvalue weighted by molar-refractivity contribution is 5.82. The molecule has 2 N–H and O–H groups in total. The Hall–Kier alpha value is -1.10. The van der Waals surface area contributed by atoms with Crippen molar-refractivity contribution in [2.45, 2.75) is 51.5 Å². The van der Waals surface area contributed by atoms with E-state index in [4.69, 9.17) is 0 Å². The number of amides is 2. The van der Waals surface area contributed by atoms with Crippen molar-refractivity contribution < 1.29 is 9.59 Å². The van der Waals surface area contributed by atoms with Crippen molar-refractivity contribution in [3.05, 3.63) is 0 Å². The molecule has 5 heteroatoms. The van der Waals surface area contributed by atoms with Crippen LogP contribution in [0.5, 0.6) is 0 Å². The summed E-state index contributed by atoms with van der Waals surface area (Å²) >= 11 is 0. The fourth-order valence-electron chi connectivity index (χ4n) is 3.79. The first kappa shape index (κ1) is 15.8. The van der Waals surface area contributed by atoms with Crippen LogP contribution in [0.1, 0.15) is 45.4 Å². The molecule has 0 spiro atoms. The van der Waals surface area contributed by atoms with Crippen molar-refractivity contribution in [1.82, 2.24) is 15.5 Å². The van der Waals surface area contributed by atoms with Gasteiger partial charge in [-0.05, 0) is 56.9 Å². The molecule has 5 nitrogen and oxygen atoms in total. The summed E-state index contributed by atoms with van der Waals surface area (Å²) in [5.74, 6) is 1.69. The van der Waals surface area contributed by atoms with Gasteiger partial charge in [0.1, 0.15) is 0 Å². The van der Waals surface area contributed by atoms with Crippen molar-refractivity contribution in [1.29, 1.82) is 0 Å². The Morgan fingerprint density at radius 2 is 2.05 bits per heavy atom. The van der Waals surface area contributed by atoms with E-state index in [1.807, 2.05) is 4.90 Å². The molecule has 124 valence electrons. The monoisotopic (exact) mass is 307 g/mol. The average molecular weight is 307 g/mol. The Balaban J connectivity index is 1.43. The zero-order valence-corrected chi connectivity index (χ0v) is 13.6. The Morgan fingerprint density at radius 3 is 2.73 bits per heavy atom. The number of likely N-dealkylation sites (tertiary alicyclic amines) is 1. The van der Waals surface area contributed by atoms with E-state index in [2.05, 4.69) is 17.6 Å². The van der Waals surface area contributed by atoms with E-state index in [0.29, 0.717) is 24.3 Å². The van der Waals surface area contributed by atoms with Crippen molar-refractivity contribution in [2.75, 3.05) is 26.2 Å². The van der Waals surface area contributed by atoms with Gasteiger partial charge in [0.2, 0.25) is 11.8 Å². The van der Waals surface area contributed by atoms with Gasteiger partial charge >= 0.3 is 0 Å². The van der Waals surface area contributed by atoms with E-state index >= 15 is 0 Å². The van der Waals surface area contributed by atoms with Crippen LogP contribution in [0.4, 0.5) is 0 Å². The van der Waals surface area contributed by atoms with Crippen LogP contribution in [0.25, 0.3) is 0 Å².